The second-order valence-corrected chi connectivity index (χ2v) is 4.94. The van der Waals surface area contributed by atoms with Gasteiger partial charge >= 0.3 is 5.69 Å². The van der Waals surface area contributed by atoms with Crippen LogP contribution in [0.2, 0.25) is 0 Å². The van der Waals surface area contributed by atoms with Gasteiger partial charge in [-0.05, 0) is 12.1 Å². The molecule has 0 heterocycles. The highest BCUT2D eigenvalue weighted by molar-refractivity contribution is 7.89. The summed E-state index contributed by atoms with van der Waals surface area (Å²) >= 11 is 0. The number of nitrogens with zero attached hydrogens (tertiary/aromatic N) is 2. The summed E-state index contributed by atoms with van der Waals surface area (Å²) in [4.78, 5) is 9.04. The SMILES string of the molecule is N#CCCNS(=O)(=O)c1ccc(F)c([N+](=O)[O-])c1. The fourth-order valence-electron chi connectivity index (χ4n) is 1.12. The van der Waals surface area contributed by atoms with Crippen LogP contribution in [-0.4, -0.2) is 19.9 Å². The molecule has 0 saturated carbocycles. The molecule has 96 valence electrons. The van der Waals surface area contributed by atoms with E-state index in [0.717, 1.165) is 6.07 Å². The van der Waals surface area contributed by atoms with E-state index < -0.39 is 31.3 Å². The Morgan fingerprint density at radius 2 is 2.17 bits per heavy atom. The molecule has 0 aromatic heterocycles. The molecule has 0 bridgehead atoms. The molecule has 0 aliphatic rings. The topological polar surface area (TPSA) is 113 Å². The number of benzene rings is 1. The van der Waals surface area contributed by atoms with E-state index in [1.165, 1.54) is 0 Å². The number of sulfonamides is 1. The van der Waals surface area contributed by atoms with Crippen molar-refractivity contribution in [3.63, 3.8) is 0 Å². The summed E-state index contributed by atoms with van der Waals surface area (Å²) in [6.45, 7) is -0.121. The molecular weight excluding hydrogens is 265 g/mol. The van der Waals surface area contributed by atoms with Crippen molar-refractivity contribution in [3.05, 3.63) is 34.1 Å². The lowest BCUT2D eigenvalue weighted by molar-refractivity contribution is -0.387. The van der Waals surface area contributed by atoms with Crippen LogP contribution < -0.4 is 4.72 Å². The van der Waals surface area contributed by atoms with Gasteiger partial charge in [-0.25, -0.2) is 13.1 Å². The number of nitro benzene ring substituents is 1. The zero-order valence-corrected chi connectivity index (χ0v) is 9.78. The molecule has 7 nitrogen and oxygen atoms in total. The largest absolute Gasteiger partial charge is 0.306 e. The number of nitriles is 1. The lowest BCUT2D eigenvalue weighted by Gasteiger charge is -2.04. The average molecular weight is 273 g/mol. The number of hydrogen-bond donors (Lipinski definition) is 1. The summed E-state index contributed by atoms with van der Waals surface area (Å²) in [5, 5.41) is 18.7. The number of hydrogen-bond acceptors (Lipinski definition) is 5. The third kappa shape index (κ3) is 3.22. The van der Waals surface area contributed by atoms with Gasteiger partial charge in [0.15, 0.2) is 0 Å². The van der Waals surface area contributed by atoms with E-state index in [2.05, 4.69) is 4.72 Å². The first-order chi connectivity index (χ1) is 8.38. The molecular formula is C9H8FN3O4S. The lowest BCUT2D eigenvalue weighted by atomic mass is 10.3. The molecule has 0 atom stereocenters. The van der Waals surface area contributed by atoms with E-state index in [4.69, 9.17) is 5.26 Å². The molecule has 0 aliphatic heterocycles. The minimum absolute atomic E-state index is 0.0392. The predicted octanol–water partition coefficient (Wildman–Crippen LogP) is 0.926. The van der Waals surface area contributed by atoms with Gasteiger partial charge in [-0.3, -0.25) is 10.1 Å². The van der Waals surface area contributed by atoms with Crippen LogP contribution in [0.25, 0.3) is 0 Å². The minimum Gasteiger partial charge on any atom is -0.258 e. The summed E-state index contributed by atoms with van der Waals surface area (Å²) in [6, 6.07) is 3.98. The van der Waals surface area contributed by atoms with Crippen molar-refractivity contribution in [1.29, 1.82) is 5.26 Å². The molecule has 18 heavy (non-hydrogen) atoms. The van der Waals surface area contributed by atoms with Gasteiger partial charge in [-0.2, -0.15) is 9.65 Å². The van der Waals surface area contributed by atoms with E-state index in [-0.39, 0.29) is 13.0 Å². The first-order valence-corrected chi connectivity index (χ1v) is 6.17. The third-order valence-electron chi connectivity index (χ3n) is 1.95. The molecule has 0 radical (unpaired) electrons. The summed E-state index contributed by atoms with van der Waals surface area (Å²) < 4.78 is 38.3. The molecule has 1 rings (SSSR count). The van der Waals surface area contributed by atoms with Crippen molar-refractivity contribution in [1.82, 2.24) is 4.72 Å². The summed E-state index contributed by atoms with van der Waals surface area (Å²) in [5.41, 5.74) is -0.918. The summed E-state index contributed by atoms with van der Waals surface area (Å²) in [7, 11) is -3.98. The summed E-state index contributed by atoms with van der Waals surface area (Å²) in [6.07, 6.45) is -0.0392. The highest BCUT2D eigenvalue weighted by Crippen LogP contribution is 2.21. The highest BCUT2D eigenvalue weighted by atomic mass is 32.2. The van der Waals surface area contributed by atoms with Crippen molar-refractivity contribution in [2.75, 3.05) is 6.54 Å². The van der Waals surface area contributed by atoms with E-state index in [0.29, 0.717) is 12.1 Å². The predicted molar refractivity (Wildman–Crippen MR) is 58.5 cm³/mol. The van der Waals surface area contributed by atoms with Crippen LogP contribution in [0, 0.1) is 27.3 Å². The van der Waals surface area contributed by atoms with Crippen LogP contribution in [0.5, 0.6) is 0 Å². The van der Waals surface area contributed by atoms with Gasteiger partial charge in [0.25, 0.3) is 0 Å². The molecule has 1 aromatic rings. The maximum Gasteiger partial charge on any atom is 0.306 e. The zero-order valence-electron chi connectivity index (χ0n) is 8.96. The van der Waals surface area contributed by atoms with Gasteiger partial charge in [0.1, 0.15) is 0 Å². The standard InChI is InChI=1S/C9H8FN3O4S/c10-8-3-2-7(6-9(8)13(14)15)18(16,17)12-5-1-4-11/h2-3,6,12H,1,5H2. The molecule has 0 fully saturated rings. The maximum atomic E-state index is 13.0. The normalized spacial score (nSPS) is 10.9. The molecule has 0 spiro atoms. The van der Waals surface area contributed by atoms with Gasteiger partial charge in [-0.15, -0.1) is 0 Å². The first kappa shape index (κ1) is 14.0. The summed E-state index contributed by atoms with van der Waals surface area (Å²) in [5.74, 6) is -1.11. The fraction of sp³-hybridized carbons (Fsp3) is 0.222. The third-order valence-corrected chi connectivity index (χ3v) is 3.41. The fourth-order valence-corrected chi connectivity index (χ4v) is 2.18. The molecule has 1 aromatic carbocycles. The monoisotopic (exact) mass is 273 g/mol. The van der Waals surface area contributed by atoms with Crippen molar-refractivity contribution < 1.29 is 17.7 Å². The Bertz CT molecular complexity index is 609. The number of nitro groups is 1. The van der Waals surface area contributed by atoms with Crippen LogP contribution in [0.1, 0.15) is 6.42 Å². The van der Waals surface area contributed by atoms with Crippen LogP contribution >= 0.6 is 0 Å². The Balaban J connectivity index is 3.07. The zero-order chi connectivity index (χ0) is 13.8. The Morgan fingerprint density at radius 1 is 1.50 bits per heavy atom. The van der Waals surface area contributed by atoms with Crippen molar-refractivity contribution in [2.24, 2.45) is 0 Å². The smallest absolute Gasteiger partial charge is 0.258 e. The quantitative estimate of drug-likeness (QED) is 0.487. The van der Waals surface area contributed by atoms with Crippen LogP contribution in [0.15, 0.2) is 23.1 Å². The Kier molecular flexibility index (Phi) is 4.30. The van der Waals surface area contributed by atoms with Crippen molar-refractivity contribution in [3.8, 4) is 6.07 Å². The molecule has 0 amide bonds. The van der Waals surface area contributed by atoms with E-state index >= 15 is 0 Å². The molecule has 0 unspecified atom stereocenters. The maximum absolute atomic E-state index is 13.0. The second kappa shape index (κ2) is 5.52. The second-order valence-electron chi connectivity index (χ2n) is 3.18. The van der Waals surface area contributed by atoms with Gasteiger partial charge in [0, 0.05) is 19.0 Å². The number of nitrogens with one attached hydrogen (secondary N) is 1. The average Bonchev–Trinajstić information content (AvgIpc) is 2.29. The van der Waals surface area contributed by atoms with E-state index in [9.17, 15) is 22.9 Å². The van der Waals surface area contributed by atoms with Gasteiger partial charge in [-0.1, -0.05) is 0 Å². The van der Waals surface area contributed by atoms with Gasteiger partial charge in [0.2, 0.25) is 15.8 Å². The lowest BCUT2D eigenvalue weighted by Crippen LogP contribution is -2.24. The van der Waals surface area contributed by atoms with Gasteiger partial charge < -0.3 is 0 Å². The van der Waals surface area contributed by atoms with Crippen LogP contribution in [0.3, 0.4) is 0 Å². The number of halogens is 1. The first-order valence-electron chi connectivity index (χ1n) is 4.69. The number of rotatable bonds is 5. The van der Waals surface area contributed by atoms with Crippen LogP contribution in [0.4, 0.5) is 10.1 Å². The van der Waals surface area contributed by atoms with Crippen molar-refractivity contribution in [2.45, 2.75) is 11.3 Å². The Hall–Kier alpha value is -2.05. The van der Waals surface area contributed by atoms with Crippen LogP contribution in [-0.2, 0) is 10.0 Å². The molecule has 1 N–H and O–H groups in total. The highest BCUT2D eigenvalue weighted by Gasteiger charge is 2.20. The molecule has 0 aliphatic carbocycles. The van der Waals surface area contributed by atoms with Crippen molar-refractivity contribution >= 4 is 15.7 Å². The molecule has 0 saturated heterocycles. The van der Waals surface area contributed by atoms with E-state index in [1.54, 1.807) is 6.07 Å². The molecule has 9 heteroatoms. The Labute approximate surface area is 102 Å². The van der Waals surface area contributed by atoms with E-state index in [1.807, 2.05) is 0 Å². The minimum atomic E-state index is -3.98. The Morgan fingerprint density at radius 3 is 2.72 bits per heavy atom. The van der Waals surface area contributed by atoms with Gasteiger partial charge in [0.05, 0.1) is 15.9 Å².